The van der Waals surface area contributed by atoms with Gasteiger partial charge in [0.15, 0.2) is 0 Å². The van der Waals surface area contributed by atoms with Crippen LogP contribution in [0.15, 0.2) is 18.3 Å². The van der Waals surface area contributed by atoms with E-state index in [1.54, 1.807) is 25.3 Å². The molecule has 2 aromatic rings. The average Bonchev–Trinajstić information content (AvgIpc) is 2.67. The number of benzene rings is 1. The quantitative estimate of drug-likeness (QED) is 0.807. The van der Waals surface area contributed by atoms with E-state index >= 15 is 0 Å². The van der Waals surface area contributed by atoms with Crippen LogP contribution in [0.1, 0.15) is 22.8 Å². The van der Waals surface area contributed by atoms with Gasteiger partial charge < -0.3 is 20.1 Å². The molecular weight excluding hydrogens is 232 g/mol. The zero-order chi connectivity index (χ0) is 13.3. The third-order valence-electron chi connectivity index (χ3n) is 2.94. The minimum atomic E-state index is -0.400. The third kappa shape index (κ3) is 1.82. The number of phenolic OH excluding ortho intramolecular Hbond substituents is 1. The lowest BCUT2D eigenvalue weighted by molar-refractivity contribution is 0.0528. The van der Waals surface area contributed by atoms with Crippen LogP contribution in [0, 0.1) is 0 Å². The number of hydrogen-bond donors (Lipinski definition) is 2. The number of ether oxygens (including phenoxy) is 1. The van der Waals surface area contributed by atoms with Gasteiger partial charge in [0.1, 0.15) is 5.75 Å². The van der Waals surface area contributed by atoms with Gasteiger partial charge in [0.25, 0.3) is 0 Å². The van der Waals surface area contributed by atoms with E-state index in [0.717, 1.165) is 5.52 Å². The van der Waals surface area contributed by atoms with Crippen molar-refractivity contribution in [2.24, 2.45) is 12.8 Å². The first-order valence-corrected chi connectivity index (χ1v) is 5.77. The van der Waals surface area contributed by atoms with Crippen LogP contribution in [0.4, 0.5) is 0 Å². The van der Waals surface area contributed by atoms with Gasteiger partial charge in [0.2, 0.25) is 0 Å². The van der Waals surface area contributed by atoms with Crippen LogP contribution in [0.25, 0.3) is 10.9 Å². The molecule has 0 atom stereocenters. The number of carbonyl (C=O) groups excluding carboxylic acids is 1. The monoisotopic (exact) mass is 248 g/mol. The summed E-state index contributed by atoms with van der Waals surface area (Å²) < 4.78 is 6.83. The Hall–Kier alpha value is -2.01. The summed E-state index contributed by atoms with van der Waals surface area (Å²) in [5.74, 6) is -0.301. The Morgan fingerprint density at radius 2 is 2.22 bits per heavy atom. The molecule has 18 heavy (non-hydrogen) atoms. The van der Waals surface area contributed by atoms with Gasteiger partial charge in [-0.05, 0) is 19.1 Å². The maximum atomic E-state index is 11.9. The molecule has 0 aliphatic carbocycles. The van der Waals surface area contributed by atoms with Crippen LogP contribution in [0.5, 0.6) is 5.75 Å². The molecule has 0 amide bonds. The van der Waals surface area contributed by atoms with Gasteiger partial charge >= 0.3 is 5.97 Å². The summed E-state index contributed by atoms with van der Waals surface area (Å²) in [4.78, 5) is 11.9. The van der Waals surface area contributed by atoms with E-state index in [2.05, 4.69) is 0 Å². The molecule has 0 unspecified atom stereocenters. The molecule has 0 saturated heterocycles. The number of aryl methyl sites for hydroxylation is 1. The third-order valence-corrected chi connectivity index (χ3v) is 2.94. The summed E-state index contributed by atoms with van der Waals surface area (Å²) in [6, 6.07) is 3.34. The zero-order valence-electron chi connectivity index (χ0n) is 10.4. The fraction of sp³-hybridized carbons (Fsp3) is 0.308. The minimum Gasteiger partial charge on any atom is -0.508 e. The number of aromatic hydroxyl groups is 1. The Balaban J connectivity index is 2.74. The van der Waals surface area contributed by atoms with Gasteiger partial charge in [-0.3, -0.25) is 0 Å². The highest BCUT2D eigenvalue weighted by molar-refractivity contribution is 6.06. The summed E-state index contributed by atoms with van der Waals surface area (Å²) in [6.45, 7) is 2.23. The lowest BCUT2D eigenvalue weighted by atomic mass is 10.1. The number of rotatable bonds is 3. The lowest BCUT2D eigenvalue weighted by Gasteiger charge is -2.06. The van der Waals surface area contributed by atoms with Gasteiger partial charge in [-0.2, -0.15) is 0 Å². The van der Waals surface area contributed by atoms with Crippen molar-refractivity contribution in [2.45, 2.75) is 13.5 Å². The molecule has 1 aromatic heterocycles. The van der Waals surface area contributed by atoms with E-state index in [1.165, 1.54) is 0 Å². The molecule has 0 aliphatic heterocycles. The molecule has 5 heteroatoms. The molecule has 0 saturated carbocycles. The average molecular weight is 248 g/mol. The number of nitrogens with zero attached hydrogens (tertiary/aromatic N) is 1. The summed E-state index contributed by atoms with van der Waals surface area (Å²) in [5.41, 5.74) is 7.49. The second-order valence-corrected chi connectivity index (χ2v) is 4.04. The topological polar surface area (TPSA) is 77.5 Å². The van der Waals surface area contributed by atoms with Crippen LogP contribution >= 0.6 is 0 Å². The van der Waals surface area contributed by atoms with Crippen LogP contribution in [0.3, 0.4) is 0 Å². The van der Waals surface area contributed by atoms with E-state index in [4.69, 9.17) is 10.5 Å². The second-order valence-electron chi connectivity index (χ2n) is 4.04. The predicted octanol–water partition coefficient (Wildman–Crippen LogP) is 1.52. The van der Waals surface area contributed by atoms with Gasteiger partial charge in [0, 0.05) is 36.3 Å². The Morgan fingerprint density at radius 1 is 1.50 bits per heavy atom. The van der Waals surface area contributed by atoms with Crippen molar-refractivity contribution < 1.29 is 14.6 Å². The number of nitrogens with two attached hydrogens (primary N) is 1. The van der Waals surface area contributed by atoms with Crippen molar-refractivity contribution in [1.29, 1.82) is 0 Å². The Kier molecular flexibility index (Phi) is 3.25. The van der Waals surface area contributed by atoms with E-state index in [9.17, 15) is 9.90 Å². The minimum absolute atomic E-state index is 0.0988. The van der Waals surface area contributed by atoms with Crippen molar-refractivity contribution in [3.63, 3.8) is 0 Å². The van der Waals surface area contributed by atoms with Gasteiger partial charge in [0.05, 0.1) is 12.2 Å². The Labute approximate surface area is 105 Å². The van der Waals surface area contributed by atoms with Crippen molar-refractivity contribution in [3.05, 3.63) is 29.5 Å². The molecular formula is C13H16N2O3. The first-order valence-electron chi connectivity index (χ1n) is 5.77. The molecule has 1 aromatic carbocycles. The highest BCUT2D eigenvalue weighted by Crippen LogP contribution is 2.31. The number of phenols is 1. The summed E-state index contributed by atoms with van der Waals surface area (Å²) in [7, 11) is 1.84. The number of hydrogen-bond acceptors (Lipinski definition) is 4. The molecule has 0 aliphatic rings. The van der Waals surface area contributed by atoms with Crippen molar-refractivity contribution in [1.82, 2.24) is 4.57 Å². The van der Waals surface area contributed by atoms with E-state index in [1.807, 2.05) is 11.6 Å². The van der Waals surface area contributed by atoms with Crippen LogP contribution in [-0.2, 0) is 18.3 Å². The number of fused-ring (bicyclic) bond motifs is 1. The van der Waals surface area contributed by atoms with Crippen molar-refractivity contribution in [3.8, 4) is 5.75 Å². The highest BCUT2D eigenvalue weighted by atomic mass is 16.5. The summed E-state index contributed by atoms with van der Waals surface area (Å²) in [5, 5.41) is 10.5. The molecule has 96 valence electrons. The molecule has 2 rings (SSSR count). The molecule has 0 spiro atoms. The molecule has 5 nitrogen and oxygen atoms in total. The normalized spacial score (nSPS) is 10.8. The van der Waals surface area contributed by atoms with E-state index in [0.29, 0.717) is 23.1 Å². The van der Waals surface area contributed by atoms with Crippen molar-refractivity contribution >= 4 is 16.9 Å². The fourth-order valence-electron chi connectivity index (χ4n) is 2.12. The summed E-state index contributed by atoms with van der Waals surface area (Å²) in [6.07, 6.45) is 1.70. The van der Waals surface area contributed by atoms with Gasteiger partial charge in [-0.15, -0.1) is 0 Å². The molecule has 0 radical (unpaired) electrons. The van der Waals surface area contributed by atoms with Crippen LogP contribution in [-0.4, -0.2) is 22.2 Å². The van der Waals surface area contributed by atoms with Crippen LogP contribution in [0.2, 0.25) is 0 Å². The smallest absolute Gasteiger partial charge is 0.340 e. The number of aromatic nitrogens is 1. The molecule has 3 N–H and O–H groups in total. The standard InChI is InChI=1S/C13H16N2O3/c1-3-18-13(17)9-7-15(2)10-4-5-11(16)8(6-14)12(9)10/h4-5,7,16H,3,6,14H2,1-2H3. The largest absolute Gasteiger partial charge is 0.508 e. The maximum Gasteiger partial charge on any atom is 0.340 e. The molecule has 0 bridgehead atoms. The SMILES string of the molecule is CCOC(=O)c1cn(C)c2ccc(O)c(CN)c12. The predicted molar refractivity (Wildman–Crippen MR) is 68.4 cm³/mol. The second kappa shape index (κ2) is 4.70. The van der Waals surface area contributed by atoms with Crippen molar-refractivity contribution in [2.75, 3.05) is 6.61 Å². The van der Waals surface area contributed by atoms with Gasteiger partial charge in [-0.1, -0.05) is 0 Å². The van der Waals surface area contributed by atoms with Gasteiger partial charge in [-0.25, -0.2) is 4.79 Å². The van der Waals surface area contributed by atoms with Crippen LogP contribution < -0.4 is 5.73 Å². The number of carbonyl (C=O) groups is 1. The zero-order valence-corrected chi connectivity index (χ0v) is 10.4. The Bertz CT molecular complexity index is 602. The highest BCUT2D eigenvalue weighted by Gasteiger charge is 2.19. The first kappa shape index (κ1) is 12.4. The number of esters is 1. The maximum absolute atomic E-state index is 11.9. The molecule has 1 heterocycles. The van der Waals surface area contributed by atoms with E-state index < -0.39 is 5.97 Å². The lowest BCUT2D eigenvalue weighted by Crippen LogP contribution is -2.05. The first-order chi connectivity index (χ1) is 8.60. The summed E-state index contributed by atoms with van der Waals surface area (Å²) >= 11 is 0. The molecule has 0 fully saturated rings. The Morgan fingerprint density at radius 3 is 2.83 bits per heavy atom. The fourth-order valence-corrected chi connectivity index (χ4v) is 2.12. The van der Waals surface area contributed by atoms with E-state index in [-0.39, 0.29) is 12.3 Å².